The molecule has 1 aromatic rings. The normalized spacial score (nSPS) is 19.9. The number of aliphatic hydroxyl groups is 1. The molecule has 0 aliphatic carbocycles. The zero-order chi connectivity index (χ0) is 12.8. The summed E-state index contributed by atoms with van der Waals surface area (Å²) >= 11 is 1.63. The molecule has 3 nitrogen and oxygen atoms in total. The third-order valence-corrected chi connectivity index (χ3v) is 4.50. The van der Waals surface area contributed by atoms with Crippen LogP contribution in [0.3, 0.4) is 0 Å². The molecule has 1 fully saturated rings. The van der Waals surface area contributed by atoms with E-state index in [1.54, 1.807) is 18.0 Å². The molecule has 2 heterocycles. The zero-order valence-corrected chi connectivity index (χ0v) is 11.8. The number of likely N-dealkylation sites (tertiary alicyclic amines) is 1. The molecule has 0 aromatic carbocycles. The van der Waals surface area contributed by atoms with Gasteiger partial charge in [0.1, 0.15) is 0 Å². The van der Waals surface area contributed by atoms with Crippen LogP contribution in [-0.4, -0.2) is 46.5 Å². The van der Waals surface area contributed by atoms with Crippen molar-refractivity contribution in [3.05, 3.63) is 24.4 Å². The SMILES string of the molecule is CC1CCN(CC(O)CSc2ccccn2)CC1. The van der Waals surface area contributed by atoms with Crippen LogP contribution in [0.2, 0.25) is 0 Å². The zero-order valence-electron chi connectivity index (χ0n) is 11.0. The average Bonchev–Trinajstić information content (AvgIpc) is 2.40. The van der Waals surface area contributed by atoms with Gasteiger partial charge in [0, 0.05) is 18.5 Å². The molecule has 1 aromatic heterocycles. The topological polar surface area (TPSA) is 36.4 Å². The van der Waals surface area contributed by atoms with E-state index in [1.165, 1.54) is 12.8 Å². The van der Waals surface area contributed by atoms with Crippen LogP contribution in [0.1, 0.15) is 19.8 Å². The van der Waals surface area contributed by atoms with Gasteiger partial charge in [0.2, 0.25) is 0 Å². The lowest BCUT2D eigenvalue weighted by atomic mass is 9.99. The van der Waals surface area contributed by atoms with Crippen molar-refractivity contribution in [2.75, 3.05) is 25.4 Å². The first kappa shape index (κ1) is 13.8. The van der Waals surface area contributed by atoms with Crippen LogP contribution >= 0.6 is 11.8 Å². The highest BCUT2D eigenvalue weighted by Crippen LogP contribution is 2.18. The number of pyridine rings is 1. The van der Waals surface area contributed by atoms with Gasteiger partial charge >= 0.3 is 0 Å². The summed E-state index contributed by atoms with van der Waals surface area (Å²) in [6.45, 7) is 5.37. The summed E-state index contributed by atoms with van der Waals surface area (Å²) in [5, 5.41) is 11.0. The van der Waals surface area contributed by atoms with E-state index in [9.17, 15) is 5.11 Å². The van der Waals surface area contributed by atoms with Crippen molar-refractivity contribution in [1.29, 1.82) is 0 Å². The Balaban J connectivity index is 1.67. The van der Waals surface area contributed by atoms with Crippen molar-refractivity contribution in [1.82, 2.24) is 9.88 Å². The fraction of sp³-hybridized carbons (Fsp3) is 0.643. The lowest BCUT2D eigenvalue weighted by Gasteiger charge is -2.31. The minimum atomic E-state index is -0.259. The number of piperidine rings is 1. The van der Waals surface area contributed by atoms with Crippen LogP contribution in [0, 0.1) is 5.92 Å². The standard InChI is InChI=1S/C14H22N2OS/c1-12-5-8-16(9-6-12)10-13(17)11-18-14-4-2-3-7-15-14/h2-4,7,12-13,17H,5-6,8-11H2,1H3. The van der Waals surface area contributed by atoms with Gasteiger partial charge in [-0.05, 0) is 44.0 Å². The van der Waals surface area contributed by atoms with Crippen LogP contribution < -0.4 is 0 Å². The first-order valence-electron chi connectivity index (χ1n) is 6.68. The Morgan fingerprint density at radius 1 is 1.44 bits per heavy atom. The number of rotatable bonds is 5. The molecule has 1 saturated heterocycles. The lowest BCUT2D eigenvalue weighted by molar-refractivity contribution is 0.105. The molecular weight excluding hydrogens is 244 g/mol. The summed E-state index contributed by atoms with van der Waals surface area (Å²) < 4.78 is 0. The van der Waals surface area contributed by atoms with E-state index >= 15 is 0 Å². The van der Waals surface area contributed by atoms with E-state index < -0.39 is 0 Å². The Morgan fingerprint density at radius 2 is 2.22 bits per heavy atom. The van der Waals surface area contributed by atoms with Crippen LogP contribution in [0.4, 0.5) is 0 Å². The van der Waals surface area contributed by atoms with Crippen LogP contribution in [-0.2, 0) is 0 Å². The van der Waals surface area contributed by atoms with Crippen molar-refractivity contribution >= 4 is 11.8 Å². The fourth-order valence-electron chi connectivity index (χ4n) is 2.21. The molecule has 100 valence electrons. The molecule has 1 unspecified atom stereocenters. The van der Waals surface area contributed by atoms with Crippen molar-refractivity contribution in [3.63, 3.8) is 0 Å². The molecule has 1 aliphatic heterocycles. The molecule has 2 rings (SSSR count). The van der Waals surface area contributed by atoms with Gasteiger partial charge in [0.05, 0.1) is 11.1 Å². The maximum Gasteiger partial charge on any atom is 0.0960 e. The first-order chi connectivity index (χ1) is 8.74. The van der Waals surface area contributed by atoms with E-state index in [2.05, 4.69) is 16.8 Å². The largest absolute Gasteiger partial charge is 0.391 e. The maximum atomic E-state index is 10.0. The quantitative estimate of drug-likeness (QED) is 0.830. The van der Waals surface area contributed by atoms with E-state index in [-0.39, 0.29) is 6.10 Å². The highest BCUT2D eigenvalue weighted by Gasteiger charge is 2.18. The van der Waals surface area contributed by atoms with Crippen molar-refractivity contribution in [3.8, 4) is 0 Å². The molecule has 4 heteroatoms. The summed E-state index contributed by atoms with van der Waals surface area (Å²) in [6.07, 6.45) is 4.06. The molecule has 1 aliphatic rings. The van der Waals surface area contributed by atoms with E-state index in [4.69, 9.17) is 0 Å². The second kappa shape index (κ2) is 7.12. The third-order valence-electron chi connectivity index (χ3n) is 3.41. The molecule has 0 amide bonds. The third kappa shape index (κ3) is 4.59. The number of aliphatic hydroxyl groups excluding tert-OH is 1. The minimum absolute atomic E-state index is 0.259. The molecule has 0 spiro atoms. The van der Waals surface area contributed by atoms with Crippen LogP contribution in [0.5, 0.6) is 0 Å². The Labute approximate surface area is 114 Å². The summed E-state index contributed by atoms with van der Waals surface area (Å²) in [6, 6.07) is 5.88. The van der Waals surface area contributed by atoms with Crippen molar-refractivity contribution in [2.45, 2.75) is 30.9 Å². The molecule has 1 N–H and O–H groups in total. The predicted molar refractivity (Wildman–Crippen MR) is 75.8 cm³/mol. The number of hydrogen-bond donors (Lipinski definition) is 1. The Bertz CT molecular complexity index is 339. The maximum absolute atomic E-state index is 10.0. The molecule has 1 atom stereocenters. The number of β-amino-alcohol motifs (C(OH)–C–C–N with tert-alkyl or cyclic N) is 1. The van der Waals surface area contributed by atoms with Gasteiger partial charge < -0.3 is 10.0 Å². The van der Waals surface area contributed by atoms with E-state index in [0.717, 1.165) is 36.3 Å². The first-order valence-corrected chi connectivity index (χ1v) is 7.67. The predicted octanol–water partition coefficient (Wildman–Crippen LogP) is 2.27. The average molecular weight is 266 g/mol. The van der Waals surface area contributed by atoms with Gasteiger partial charge in [0.25, 0.3) is 0 Å². The summed E-state index contributed by atoms with van der Waals surface area (Å²) in [5.74, 6) is 1.57. The van der Waals surface area contributed by atoms with Crippen molar-refractivity contribution in [2.24, 2.45) is 5.92 Å². The van der Waals surface area contributed by atoms with Crippen molar-refractivity contribution < 1.29 is 5.11 Å². The van der Waals surface area contributed by atoms with Crippen LogP contribution in [0.25, 0.3) is 0 Å². The van der Waals surface area contributed by atoms with Gasteiger partial charge in [-0.25, -0.2) is 4.98 Å². The second-order valence-corrected chi connectivity index (χ2v) is 6.16. The number of thioether (sulfide) groups is 1. The Kier molecular flexibility index (Phi) is 5.47. The lowest BCUT2D eigenvalue weighted by Crippen LogP contribution is -2.39. The highest BCUT2D eigenvalue weighted by molar-refractivity contribution is 7.99. The molecule has 0 radical (unpaired) electrons. The second-order valence-electron chi connectivity index (χ2n) is 5.12. The molecule has 18 heavy (non-hydrogen) atoms. The fourth-order valence-corrected chi connectivity index (χ4v) is 2.99. The number of aromatic nitrogens is 1. The van der Waals surface area contributed by atoms with Gasteiger partial charge in [-0.2, -0.15) is 0 Å². The van der Waals surface area contributed by atoms with E-state index in [1.807, 2.05) is 18.2 Å². The van der Waals surface area contributed by atoms with Gasteiger partial charge in [-0.1, -0.05) is 13.0 Å². The van der Waals surface area contributed by atoms with Gasteiger partial charge in [-0.3, -0.25) is 0 Å². The smallest absolute Gasteiger partial charge is 0.0960 e. The Morgan fingerprint density at radius 3 is 2.89 bits per heavy atom. The minimum Gasteiger partial charge on any atom is -0.391 e. The number of hydrogen-bond acceptors (Lipinski definition) is 4. The molecular formula is C14H22N2OS. The van der Waals surface area contributed by atoms with Gasteiger partial charge in [0.15, 0.2) is 0 Å². The Hall–Kier alpha value is -0.580. The van der Waals surface area contributed by atoms with Gasteiger partial charge in [-0.15, -0.1) is 11.8 Å². The molecule has 0 saturated carbocycles. The summed E-state index contributed by atoms with van der Waals surface area (Å²) in [4.78, 5) is 6.62. The summed E-state index contributed by atoms with van der Waals surface area (Å²) in [5.41, 5.74) is 0. The monoisotopic (exact) mass is 266 g/mol. The highest BCUT2D eigenvalue weighted by atomic mass is 32.2. The summed E-state index contributed by atoms with van der Waals surface area (Å²) in [7, 11) is 0. The van der Waals surface area contributed by atoms with Crippen LogP contribution in [0.15, 0.2) is 29.4 Å². The number of nitrogens with zero attached hydrogens (tertiary/aromatic N) is 2. The molecule has 0 bridgehead atoms. The van der Waals surface area contributed by atoms with E-state index in [0.29, 0.717) is 0 Å².